The van der Waals surface area contributed by atoms with Crippen LogP contribution in [0.4, 0.5) is 5.00 Å². The van der Waals surface area contributed by atoms with Gasteiger partial charge in [-0.25, -0.2) is 4.79 Å². The molecule has 202 valence electrons. The molecule has 1 N–H and O–H groups in total. The van der Waals surface area contributed by atoms with Crippen LogP contribution < -0.4 is 10.1 Å². The molecule has 12 heteroatoms. The number of anilines is 1. The van der Waals surface area contributed by atoms with E-state index in [4.69, 9.17) is 9.47 Å². The maximum atomic E-state index is 12.7. The third kappa shape index (κ3) is 6.72. The molecule has 0 saturated heterocycles. The SMILES string of the molecule is CCOC(=O)c1c(NC(=O)CSCC(=O)N=c2sc3ccccc3n2CC(=O)OC)sc2c1CCCCC2. The van der Waals surface area contributed by atoms with Crippen LogP contribution in [0.2, 0.25) is 0 Å². The lowest BCUT2D eigenvalue weighted by atomic mass is 10.1. The molecule has 0 aliphatic heterocycles. The van der Waals surface area contributed by atoms with Gasteiger partial charge in [-0.3, -0.25) is 14.4 Å². The van der Waals surface area contributed by atoms with Gasteiger partial charge in [0.05, 0.1) is 41.0 Å². The average Bonchev–Trinajstić information content (AvgIpc) is 3.31. The van der Waals surface area contributed by atoms with E-state index in [1.54, 1.807) is 11.5 Å². The van der Waals surface area contributed by atoms with Crippen molar-refractivity contribution >= 4 is 73.4 Å². The van der Waals surface area contributed by atoms with Crippen molar-refractivity contribution in [3.63, 3.8) is 0 Å². The van der Waals surface area contributed by atoms with Crippen LogP contribution in [0.15, 0.2) is 29.3 Å². The van der Waals surface area contributed by atoms with Gasteiger partial charge in [-0.1, -0.05) is 29.9 Å². The zero-order valence-corrected chi connectivity index (χ0v) is 23.7. The Balaban J connectivity index is 1.42. The predicted molar refractivity (Wildman–Crippen MR) is 150 cm³/mol. The van der Waals surface area contributed by atoms with Crippen molar-refractivity contribution in [3.8, 4) is 0 Å². The highest BCUT2D eigenvalue weighted by Crippen LogP contribution is 2.38. The molecule has 4 rings (SSSR count). The maximum Gasteiger partial charge on any atom is 0.341 e. The lowest BCUT2D eigenvalue weighted by molar-refractivity contribution is -0.141. The van der Waals surface area contributed by atoms with Gasteiger partial charge >= 0.3 is 11.9 Å². The number of methoxy groups -OCH3 is 1. The first-order chi connectivity index (χ1) is 18.4. The molecular weight excluding hydrogens is 547 g/mol. The summed E-state index contributed by atoms with van der Waals surface area (Å²) in [6, 6.07) is 7.47. The molecule has 3 aromatic rings. The minimum atomic E-state index is -0.443. The van der Waals surface area contributed by atoms with Gasteiger partial charge in [0.25, 0.3) is 5.91 Å². The summed E-state index contributed by atoms with van der Waals surface area (Å²) in [5, 5.41) is 3.39. The van der Waals surface area contributed by atoms with Crippen molar-refractivity contribution in [2.45, 2.75) is 45.6 Å². The number of nitrogens with zero attached hydrogens (tertiary/aromatic N) is 2. The number of nitrogens with one attached hydrogen (secondary N) is 1. The lowest BCUT2D eigenvalue weighted by Crippen LogP contribution is -2.23. The summed E-state index contributed by atoms with van der Waals surface area (Å²) in [5.74, 6) is -1.55. The van der Waals surface area contributed by atoms with Crippen molar-refractivity contribution in [3.05, 3.63) is 45.1 Å². The van der Waals surface area contributed by atoms with Gasteiger partial charge in [0.1, 0.15) is 11.5 Å². The van der Waals surface area contributed by atoms with Gasteiger partial charge in [0.15, 0.2) is 4.80 Å². The molecule has 2 heterocycles. The standard InChI is InChI=1S/C26H29N3O6S3/c1-3-35-25(33)23-16-9-5-4-6-11-18(16)37-24(23)27-20(30)14-36-15-21(31)28-26-29(13-22(32)34-2)17-10-7-8-12-19(17)38-26/h7-8,10,12H,3-6,9,11,13-15H2,1-2H3,(H,27,30). The number of carbonyl (C=O) groups is 4. The number of amides is 2. The van der Waals surface area contributed by atoms with E-state index in [0.717, 1.165) is 64.5 Å². The van der Waals surface area contributed by atoms with Crippen LogP contribution >= 0.6 is 34.4 Å². The smallest absolute Gasteiger partial charge is 0.341 e. The number of rotatable bonds is 9. The van der Waals surface area contributed by atoms with Crippen molar-refractivity contribution in [1.82, 2.24) is 4.57 Å². The fourth-order valence-electron chi connectivity index (χ4n) is 4.24. The molecule has 9 nitrogen and oxygen atoms in total. The second kappa shape index (κ2) is 13.2. The number of hydrogen-bond acceptors (Lipinski definition) is 9. The number of thiazole rings is 1. The molecule has 1 aromatic carbocycles. The normalized spacial score (nSPS) is 13.6. The average molecular weight is 576 g/mol. The van der Waals surface area contributed by atoms with Gasteiger partial charge in [-0.05, 0) is 50.3 Å². The highest BCUT2D eigenvalue weighted by molar-refractivity contribution is 8.00. The Morgan fingerprint density at radius 3 is 2.66 bits per heavy atom. The van der Waals surface area contributed by atoms with Crippen LogP contribution in [0.5, 0.6) is 0 Å². The fraction of sp³-hybridized carbons (Fsp3) is 0.423. The largest absolute Gasteiger partial charge is 0.468 e. The number of aryl methyl sites for hydroxylation is 1. The molecule has 0 unspecified atom stereocenters. The number of esters is 2. The van der Waals surface area contributed by atoms with E-state index in [1.807, 2.05) is 24.3 Å². The van der Waals surface area contributed by atoms with E-state index < -0.39 is 17.8 Å². The van der Waals surface area contributed by atoms with E-state index >= 15 is 0 Å². The number of aromatic nitrogens is 1. The number of thiophene rings is 1. The Labute approximate surface area is 232 Å². The molecule has 38 heavy (non-hydrogen) atoms. The van der Waals surface area contributed by atoms with Crippen LogP contribution in [-0.2, 0) is 43.2 Å². The summed E-state index contributed by atoms with van der Waals surface area (Å²) < 4.78 is 12.6. The second-order valence-electron chi connectivity index (χ2n) is 8.55. The number of carbonyl (C=O) groups excluding carboxylic acids is 4. The number of benzene rings is 1. The Hall–Kier alpha value is -2.96. The molecule has 0 saturated carbocycles. The molecule has 2 aromatic heterocycles. The van der Waals surface area contributed by atoms with Crippen LogP contribution in [0.25, 0.3) is 10.2 Å². The molecule has 0 bridgehead atoms. The lowest BCUT2D eigenvalue weighted by Gasteiger charge is -2.08. The topological polar surface area (TPSA) is 116 Å². The molecule has 2 amide bonds. The van der Waals surface area contributed by atoms with Gasteiger partial charge in [-0.2, -0.15) is 4.99 Å². The number of ether oxygens (including phenoxy) is 2. The van der Waals surface area contributed by atoms with Crippen LogP contribution in [0.3, 0.4) is 0 Å². The van der Waals surface area contributed by atoms with Crippen LogP contribution in [0, 0.1) is 0 Å². The molecule has 1 aliphatic carbocycles. The Kier molecular flexibility index (Phi) is 9.75. The van der Waals surface area contributed by atoms with Gasteiger partial charge in [0, 0.05) is 4.88 Å². The van der Waals surface area contributed by atoms with E-state index in [0.29, 0.717) is 15.4 Å². The zero-order valence-electron chi connectivity index (χ0n) is 21.2. The molecule has 1 aliphatic rings. The highest BCUT2D eigenvalue weighted by Gasteiger charge is 2.26. The Bertz CT molecular complexity index is 1420. The minimum absolute atomic E-state index is 0.00837. The van der Waals surface area contributed by atoms with Gasteiger partial charge < -0.3 is 19.4 Å². The monoisotopic (exact) mass is 575 g/mol. The van der Waals surface area contributed by atoms with Gasteiger partial charge in [0.2, 0.25) is 5.91 Å². The first-order valence-electron chi connectivity index (χ1n) is 12.3. The first kappa shape index (κ1) is 28.1. The summed E-state index contributed by atoms with van der Waals surface area (Å²) in [6.07, 6.45) is 4.87. The quantitative estimate of drug-likeness (QED) is 0.301. The zero-order chi connectivity index (χ0) is 27.1. The Morgan fingerprint density at radius 2 is 1.87 bits per heavy atom. The van der Waals surface area contributed by atoms with Crippen molar-refractivity contribution in [2.75, 3.05) is 30.5 Å². The summed E-state index contributed by atoms with van der Waals surface area (Å²) in [4.78, 5) is 55.6. The molecule has 0 radical (unpaired) electrons. The van der Waals surface area contributed by atoms with Gasteiger partial charge in [-0.15, -0.1) is 23.1 Å². The fourth-order valence-corrected chi connectivity index (χ4v) is 7.17. The minimum Gasteiger partial charge on any atom is -0.468 e. The van der Waals surface area contributed by atoms with Crippen molar-refractivity contribution in [1.29, 1.82) is 0 Å². The van der Waals surface area contributed by atoms with Crippen LogP contribution in [-0.4, -0.2) is 53.5 Å². The third-order valence-electron chi connectivity index (χ3n) is 5.94. The molecular formula is C26H29N3O6S3. The first-order valence-corrected chi connectivity index (χ1v) is 15.1. The number of hydrogen-bond donors (Lipinski definition) is 1. The molecule has 0 fully saturated rings. The summed E-state index contributed by atoms with van der Waals surface area (Å²) in [5.41, 5.74) is 2.25. The molecule has 0 atom stereocenters. The second-order valence-corrected chi connectivity index (χ2v) is 11.7. The van der Waals surface area contributed by atoms with Crippen molar-refractivity contribution in [2.24, 2.45) is 4.99 Å². The summed E-state index contributed by atoms with van der Waals surface area (Å²) in [7, 11) is 1.31. The van der Waals surface area contributed by atoms with Crippen LogP contribution in [0.1, 0.15) is 47.0 Å². The maximum absolute atomic E-state index is 12.7. The molecule has 0 spiro atoms. The number of fused-ring (bicyclic) bond motifs is 2. The summed E-state index contributed by atoms with van der Waals surface area (Å²) >= 11 is 3.89. The van der Waals surface area contributed by atoms with E-state index in [2.05, 4.69) is 10.3 Å². The number of para-hydroxylation sites is 1. The summed E-state index contributed by atoms with van der Waals surface area (Å²) in [6.45, 7) is 1.96. The number of thioether (sulfide) groups is 1. The Morgan fingerprint density at radius 1 is 1.08 bits per heavy atom. The van der Waals surface area contributed by atoms with E-state index in [9.17, 15) is 19.2 Å². The van der Waals surface area contributed by atoms with E-state index in [1.165, 1.54) is 29.8 Å². The highest BCUT2D eigenvalue weighted by atomic mass is 32.2. The van der Waals surface area contributed by atoms with E-state index in [-0.39, 0.29) is 30.6 Å². The van der Waals surface area contributed by atoms with Crippen molar-refractivity contribution < 1.29 is 28.7 Å². The third-order valence-corrected chi connectivity index (χ3v) is 9.12. The predicted octanol–water partition coefficient (Wildman–Crippen LogP) is 4.18.